The zero-order chi connectivity index (χ0) is 22.1. The van der Waals surface area contributed by atoms with E-state index in [1.165, 1.54) is 19.0 Å². The molecule has 0 saturated heterocycles. The Hall–Kier alpha value is -3.31. The lowest BCUT2D eigenvalue weighted by Crippen LogP contribution is -2.47. The molecular formula is C18H15F6N5O. The van der Waals surface area contributed by atoms with Crippen molar-refractivity contribution in [3.63, 3.8) is 0 Å². The van der Waals surface area contributed by atoms with Crippen molar-refractivity contribution >= 4 is 28.4 Å². The maximum absolute atomic E-state index is 12.8. The third-order valence-electron chi connectivity index (χ3n) is 3.86. The first-order valence-corrected chi connectivity index (χ1v) is 8.43. The Labute approximate surface area is 166 Å². The van der Waals surface area contributed by atoms with Crippen LogP contribution >= 0.6 is 0 Å². The fourth-order valence-corrected chi connectivity index (χ4v) is 2.53. The molecule has 0 aliphatic heterocycles. The Morgan fingerprint density at radius 1 is 0.867 bits per heavy atom. The van der Waals surface area contributed by atoms with E-state index in [9.17, 15) is 26.3 Å². The molecule has 0 aliphatic carbocycles. The van der Waals surface area contributed by atoms with Gasteiger partial charge in [0.05, 0.1) is 0 Å². The third-order valence-corrected chi connectivity index (χ3v) is 3.86. The predicted octanol–water partition coefficient (Wildman–Crippen LogP) is 4.71. The molecule has 1 N–H and O–H groups in total. The zero-order valence-corrected chi connectivity index (χ0v) is 15.6. The number of benzene rings is 2. The molecule has 0 radical (unpaired) electrons. The van der Waals surface area contributed by atoms with Crippen LogP contribution in [0.15, 0.2) is 42.5 Å². The first-order valence-electron chi connectivity index (χ1n) is 8.43. The van der Waals surface area contributed by atoms with Gasteiger partial charge in [-0.3, -0.25) is 0 Å². The van der Waals surface area contributed by atoms with E-state index in [0.29, 0.717) is 5.69 Å². The molecule has 0 unspecified atom stereocenters. The summed E-state index contributed by atoms with van der Waals surface area (Å²) in [7, 11) is 2.93. The summed E-state index contributed by atoms with van der Waals surface area (Å²) in [4.78, 5) is 12.5. The van der Waals surface area contributed by atoms with E-state index < -0.39 is 24.5 Å². The van der Waals surface area contributed by atoms with Crippen molar-refractivity contribution in [2.45, 2.75) is 18.5 Å². The lowest BCUT2D eigenvalue weighted by atomic mass is 10.1. The minimum atomic E-state index is -5.70. The van der Waals surface area contributed by atoms with Crippen molar-refractivity contribution in [1.29, 1.82) is 0 Å². The number of aromatic nitrogens is 3. The number of anilines is 3. The van der Waals surface area contributed by atoms with Crippen LogP contribution in [0.5, 0.6) is 6.01 Å². The van der Waals surface area contributed by atoms with Gasteiger partial charge in [0, 0.05) is 25.2 Å². The topological polar surface area (TPSA) is 63.2 Å². The van der Waals surface area contributed by atoms with E-state index >= 15 is 0 Å². The van der Waals surface area contributed by atoms with Crippen molar-refractivity contribution in [1.82, 2.24) is 15.0 Å². The molecule has 30 heavy (non-hydrogen) atoms. The fourth-order valence-electron chi connectivity index (χ4n) is 2.53. The van der Waals surface area contributed by atoms with Crippen molar-refractivity contribution in [3.05, 3.63) is 42.5 Å². The van der Waals surface area contributed by atoms with E-state index in [1.807, 2.05) is 18.2 Å². The van der Waals surface area contributed by atoms with Crippen LogP contribution < -0.4 is 15.0 Å². The number of rotatable bonds is 5. The molecule has 160 valence electrons. The average molecular weight is 431 g/mol. The first kappa shape index (κ1) is 21.4. The summed E-state index contributed by atoms with van der Waals surface area (Å²) >= 11 is 0. The Kier molecular flexibility index (Phi) is 5.59. The highest BCUT2D eigenvalue weighted by molar-refractivity contribution is 5.94. The molecule has 6 nitrogen and oxygen atoms in total. The number of hydrogen-bond donors (Lipinski definition) is 1. The highest BCUT2D eigenvalue weighted by Crippen LogP contribution is 2.36. The van der Waals surface area contributed by atoms with Gasteiger partial charge in [0.15, 0.2) is 0 Å². The summed E-state index contributed by atoms with van der Waals surface area (Å²) in [6.45, 7) is 0. The van der Waals surface area contributed by atoms with Gasteiger partial charge in [0.1, 0.15) is 0 Å². The summed E-state index contributed by atoms with van der Waals surface area (Å²) in [5.41, 5.74) is 0.498. The van der Waals surface area contributed by atoms with Gasteiger partial charge in [-0.05, 0) is 11.5 Å². The molecule has 0 amide bonds. The molecule has 1 heterocycles. The van der Waals surface area contributed by atoms with E-state index in [2.05, 4.69) is 25.0 Å². The van der Waals surface area contributed by atoms with Gasteiger partial charge in [-0.1, -0.05) is 36.4 Å². The smallest absolute Gasteiger partial charge is 0.434 e. The first-order chi connectivity index (χ1) is 13.9. The molecule has 0 aliphatic rings. The van der Waals surface area contributed by atoms with E-state index in [0.717, 1.165) is 10.8 Å². The summed E-state index contributed by atoms with van der Waals surface area (Å²) < 4.78 is 81.2. The Morgan fingerprint density at radius 3 is 2.13 bits per heavy atom. The molecule has 12 heteroatoms. The Balaban J connectivity index is 2.01. The number of hydrogen-bond acceptors (Lipinski definition) is 6. The standard InChI is InChI=1S/C18H15F6N5O/c1-29(2)15-26-14(25-12-9-5-7-10-6-3-4-8-11(10)12)27-16(28-15)30-13(17(19,20)21)18(22,23)24/h3-9,13H,1-2H3,(H,25,26,27,28). The monoisotopic (exact) mass is 431 g/mol. The SMILES string of the molecule is CN(C)c1nc(Nc2cccc3ccccc23)nc(OC(C(F)(F)F)C(F)(F)F)n1. The van der Waals surface area contributed by atoms with Crippen LogP contribution in [0.25, 0.3) is 10.8 Å². The number of halogens is 6. The molecule has 2 aromatic carbocycles. The van der Waals surface area contributed by atoms with E-state index in [1.54, 1.807) is 24.3 Å². The van der Waals surface area contributed by atoms with Gasteiger partial charge in [-0.15, -0.1) is 0 Å². The maximum atomic E-state index is 12.8. The van der Waals surface area contributed by atoms with Gasteiger partial charge in [-0.25, -0.2) is 0 Å². The van der Waals surface area contributed by atoms with Gasteiger partial charge in [0.25, 0.3) is 6.10 Å². The summed E-state index contributed by atoms with van der Waals surface area (Å²) in [5, 5.41) is 4.41. The molecule has 0 bridgehead atoms. The van der Waals surface area contributed by atoms with Gasteiger partial charge in [-0.2, -0.15) is 41.3 Å². The number of fused-ring (bicyclic) bond motifs is 1. The molecule has 0 atom stereocenters. The van der Waals surface area contributed by atoms with Gasteiger partial charge < -0.3 is 15.0 Å². The molecule has 1 aromatic heterocycles. The second-order valence-electron chi connectivity index (χ2n) is 6.37. The average Bonchev–Trinajstić information content (AvgIpc) is 2.64. The van der Waals surface area contributed by atoms with Crippen LogP contribution in [0, 0.1) is 0 Å². The summed E-state index contributed by atoms with van der Waals surface area (Å²) in [6.07, 6.45) is -15.5. The Morgan fingerprint density at radius 2 is 1.50 bits per heavy atom. The third kappa shape index (κ3) is 4.81. The second-order valence-corrected chi connectivity index (χ2v) is 6.37. The molecule has 0 fully saturated rings. The Bertz CT molecular complexity index is 1020. The van der Waals surface area contributed by atoms with Crippen molar-refractivity contribution < 1.29 is 31.1 Å². The minimum Gasteiger partial charge on any atom is -0.440 e. The maximum Gasteiger partial charge on any atom is 0.434 e. The van der Waals surface area contributed by atoms with Crippen LogP contribution in [0.3, 0.4) is 0 Å². The van der Waals surface area contributed by atoms with Gasteiger partial charge >= 0.3 is 18.4 Å². The van der Waals surface area contributed by atoms with Crippen LogP contribution in [-0.2, 0) is 0 Å². The van der Waals surface area contributed by atoms with Crippen molar-refractivity contribution in [2.24, 2.45) is 0 Å². The van der Waals surface area contributed by atoms with Crippen molar-refractivity contribution in [3.8, 4) is 6.01 Å². The zero-order valence-electron chi connectivity index (χ0n) is 15.6. The largest absolute Gasteiger partial charge is 0.440 e. The lowest BCUT2D eigenvalue weighted by molar-refractivity contribution is -0.301. The lowest BCUT2D eigenvalue weighted by Gasteiger charge is -2.23. The van der Waals surface area contributed by atoms with Crippen LogP contribution in [0.2, 0.25) is 0 Å². The van der Waals surface area contributed by atoms with Crippen LogP contribution in [-0.4, -0.2) is 47.5 Å². The molecule has 3 rings (SSSR count). The van der Waals surface area contributed by atoms with Crippen LogP contribution in [0.1, 0.15) is 0 Å². The van der Waals surface area contributed by atoms with E-state index in [4.69, 9.17) is 0 Å². The number of nitrogens with zero attached hydrogens (tertiary/aromatic N) is 4. The fraction of sp³-hybridized carbons (Fsp3) is 0.278. The number of alkyl halides is 6. The number of nitrogens with one attached hydrogen (secondary N) is 1. The summed E-state index contributed by atoms with van der Waals surface area (Å²) in [5.74, 6) is -0.464. The predicted molar refractivity (Wildman–Crippen MR) is 97.9 cm³/mol. The van der Waals surface area contributed by atoms with E-state index in [-0.39, 0.29) is 11.9 Å². The second kappa shape index (κ2) is 7.84. The molecule has 0 saturated carbocycles. The molecular weight excluding hydrogens is 416 g/mol. The quantitative estimate of drug-likeness (QED) is 0.591. The normalized spacial score (nSPS) is 12.3. The molecule has 0 spiro atoms. The van der Waals surface area contributed by atoms with Crippen molar-refractivity contribution in [2.75, 3.05) is 24.3 Å². The van der Waals surface area contributed by atoms with Crippen LogP contribution in [0.4, 0.5) is 43.9 Å². The summed E-state index contributed by atoms with van der Waals surface area (Å²) in [6, 6.07) is 11.3. The molecule has 3 aromatic rings. The van der Waals surface area contributed by atoms with Gasteiger partial charge in [0.2, 0.25) is 11.9 Å². The number of ether oxygens (including phenoxy) is 1. The minimum absolute atomic E-state index is 0.189. The highest BCUT2D eigenvalue weighted by Gasteiger charge is 2.59. The highest BCUT2D eigenvalue weighted by atomic mass is 19.4.